The Morgan fingerprint density at radius 1 is 0.956 bits per heavy atom. The number of halogens is 2. The monoisotopic (exact) mass is 615 g/mol. The number of pyridine rings is 2. The number of amides is 3. The van der Waals surface area contributed by atoms with Gasteiger partial charge in [0.1, 0.15) is 34.5 Å². The number of carbonyl (C=O) groups excluding carboxylic acids is 2. The van der Waals surface area contributed by atoms with Crippen LogP contribution in [0.2, 0.25) is 0 Å². The summed E-state index contributed by atoms with van der Waals surface area (Å²) in [4.78, 5) is 44.6. The number of urea groups is 1. The molecule has 0 spiro atoms. The number of aliphatic hydroxyl groups is 1. The van der Waals surface area contributed by atoms with Gasteiger partial charge in [-0.25, -0.2) is 18.6 Å². The highest BCUT2D eigenvalue weighted by Gasteiger charge is 2.43. The molecule has 2 heterocycles. The molecular formula is C33H31F2N5O5. The maximum Gasteiger partial charge on any atom is 0.323 e. The Balaban J connectivity index is 1.08. The number of nitrogens with zero attached hydrogens (tertiary/aromatic N) is 3. The predicted molar refractivity (Wildman–Crippen MR) is 163 cm³/mol. The minimum Gasteiger partial charge on any atom is -0.457 e. The standard InChI is InChI=1S/C33H31F2N5O5/c1-39(23-13-19-15-24(41)16-20(19)14-23)33(44)38-30-18-26(10-11-36-30)45-25-8-9-29(28(35)17-25)37-31(42)27-3-2-12-40(32(27)43)22-6-4-21(34)5-7-22/h2-12,17-20,23-24,41H,13-16H2,1H3,(H,37,42)(H,36,38,44). The van der Waals surface area contributed by atoms with Crippen LogP contribution in [0.25, 0.3) is 5.69 Å². The molecule has 232 valence electrons. The van der Waals surface area contributed by atoms with Crippen molar-refractivity contribution in [2.45, 2.75) is 37.8 Å². The third-order valence-electron chi connectivity index (χ3n) is 8.52. The summed E-state index contributed by atoms with van der Waals surface area (Å²) in [7, 11) is 1.75. The van der Waals surface area contributed by atoms with Crippen molar-refractivity contribution in [2.24, 2.45) is 11.8 Å². The van der Waals surface area contributed by atoms with Gasteiger partial charge in [-0.3, -0.25) is 19.5 Å². The van der Waals surface area contributed by atoms with Gasteiger partial charge in [0.2, 0.25) is 0 Å². The fourth-order valence-electron chi connectivity index (χ4n) is 6.23. The second kappa shape index (κ2) is 12.5. The maximum absolute atomic E-state index is 15.0. The van der Waals surface area contributed by atoms with E-state index in [1.165, 1.54) is 71.6 Å². The summed E-state index contributed by atoms with van der Waals surface area (Å²) in [6.07, 6.45) is 5.97. The van der Waals surface area contributed by atoms with Crippen molar-refractivity contribution in [2.75, 3.05) is 17.7 Å². The number of hydrogen-bond donors (Lipinski definition) is 3. The van der Waals surface area contributed by atoms with E-state index in [4.69, 9.17) is 4.74 Å². The molecule has 2 saturated carbocycles. The zero-order valence-electron chi connectivity index (χ0n) is 24.3. The third kappa shape index (κ3) is 6.55. The summed E-state index contributed by atoms with van der Waals surface area (Å²) in [5, 5.41) is 15.1. The summed E-state index contributed by atoms with van der Waals surface area (Å²) in [6.45, 7) is 0. The quantitative estimate of drug-likeness (QED) is 0.250. The number of carbonyl (C=O) groups is 2. The van der Waals surface area contributed by atoms with Gasteiger partial charge in [0.05, 0.1) is 11.8 Å². The van der Waals surface area contributed by atoms with Gasteiger partial charge >= 0.3 is 6.03 Å². The molecule has 12 heteroatoms. The van der Waals surface area contributed by atoms with E-state index < -0.39 is 23.1 Å². The highest BCUT2D eigenvalue weighted by Crippen LogP contribution is 2.45. The number of ether oxygens (including phenoxy) is 1. The van der Waals surface area contributed by atoms with Gasteiger partial charge in [-0.05, 0) is 92.1 Å². The lowest BCUT2D eigenvalue weighted by atomic mass is 10.0. The first-order valence-electron chi connectivity index (χ1n) is 14.6. The van der Waals surface area contributed by atoms with Crippen molar-refractivity contribution < 1.29 is 28.2 Å². The highest BCUT2D eigenvalue weighted by atomic mass is 19.1. The van der Waals surface area contributed by atoms with Crippen LogP contribution in [0.5, 0.6) is 11.5 Å². The van der Waals surface area contributed by atoms with Crippen LogP contribution in [0.4, 0.5) is 25.1 Å². The number of aliphatic hydroxyl groups excluding tert-OH is 1. The van der Waals surface area contributed by atoms with Gasteiger partial charge in [0.15, 0.2) is 0 Å². The molecule has 0 aliphatic heterocycles. The fraction of sp³-hybridized carbons (Fsp3) is 0.273. The molecule has 0 radical (unpaired) electrons. The number of aromatic nitrogens is 2. The lowest BCUT2D eigenvalue weighted by Crippen LogP contribution is -2.39. The number of rotatable bonds is 7. The average Bonchev–Trinajstić information content (AvgIpc) is 3.56. The molecule has 3 N–H and O–H groups in total. The molecule has 2 aliphatic rings. The van der Waals surface area contributed by atoms with E-state index in [-0.39, 0.29) is 41.0 Å². The number of benzene rings is 2. The summed E-state index contributed by atoms with van der Waals surface area (Å²) in [5.74, 6) is -0.507. The molecule has 2 fully saturated rings. The highest BCUT2D eigenvalue weighted by molar-refractivity contribution is 6.04. The Morgan fingerprint density at radius 3 is 2.38 bits per heavy atom. The smallest absolute Gasteiger partial charge is 0.323 e. The summed E-state index contributed by atoms with van der Waals surface area (Å²) in [5.41, 5.74) is -0.681. The zero-order valence-corrected chi connectivity index (χ0v) is 24.3. The second-order valence-corrected chi connectivity index (χ2v) is 11.5. The topological polar surface area (TPSA) is 126 Å². The molecule has 10 nitrogen and oxygen atoms in total. The van der Waals surface area contributed by atoms with Gasteiger partial charge in [0, 0.05) is 43.3 Å². The number of nitrogens with one attached hydrogen (secondary N) is 2. The average molecular weight is 616 g/mol. The molecule has 2 aromatic carbocycles. The Morgan fingerprint density at radius 2 is 1.67 bits per heavy atom. The number of hydrogen-bond acceptors (Lipinski definition) is 6. The minimum atomic E-state index is -0.818. The lowest BCUT2D eigenvalue weighted by molar-refractivity contribution is 0.102. The summed E-state index contributed by atoms with van der Waals surface area (Å²) < 4.78 is 35.3. The van der Waals surface area contributed by atoms with Crippen molar-refractivity contribution in [1.29, 1.82) is 0 Å². The van der Waals surface area contributed by atoms with E-state index in [2.05, 4.69) is 15.6 Å². The van der Waals surface area contributed by atoms with Crippen molar-refractivity contribution in [3.63, 3.8) is 0 Å². The van der Waals surface area contributed by atoms with E-state index in [1.807, 2.05) is 0 Å². The van der Waals surface area contributed by atoms with Crippen LogP contribution >= 0.6 is 0 Å². The van der Waals surface area contributed by atoms with Crippen molar-refractivity contribution >= 4 is 23.4 Å². The first-order valence-corrected chi connectivity index (χ1v) is 14.6. The van der Waals surface area contributed by atoms with Crippen molar-refractivity contribution in [3.05, 3.63) is 107 Å². The predicted octanol–water partition coefficient (Wildman–Crippen LogP) is 5.57. The van der Waals surface area contributed by atoms with Crippen molar-refractivity contribution in [3.8, 4) is 17.2 Å². The Bertz CT molecular complexity index is 1780. The summed E-state index contributed by atoms with van der Waals surface area (Å²) >= 11 is 0. The minimum absolute atomic E-state index is 0.0895. The van der Waals surface area contributed by atoms with Crippen LogP contribution in [0, 0.1) is 23.5 Å². The molecule has 45 heavy (non-hydrogen) atoms. The van der Waals surface area contributed by atoms with Gasteiger partial charge in [-0.15, -0.1) is 0 Å². The maximum atomic E-state index is 15.0. The van der Waals surface area contributed by atoms with E-state index in [0.29, 0.717) is 23.3 Å². The zero-order chi connectivity index (χ0) is 31.7. The van der Waals surface area contributed by atoms with Gasteiger partial charge in [-0.1, -0.05) is 0 Å². The molecule has 2 aromatic heterocycles. The molecule has 0 bridgehead atoms. The Kier molecular flexibility index (Phi) is 8.31. The van der Waals surface area contributed by atoms with Crippen LogP contribution in [0.3, 0.4) is 0 Å². The van der Waals surface area contributed by atoms with Gasteiger partial charge in [-0.2, -0.15) is 0 Å². The van der Waals surface area contributed by atoms with E-state index in [0.717, 1.165) is 31.7 Å². The molecule has 3 amide bonds. The van der Waals surface area contributed by atoms with Crippen molar-refractivity contribution in [1.82, 2.24) is 14.5 Å². The molecular weight excluding hydrogens is 584 g/mol. The van der Waals surface area contributed by atoms with Gasteiger partial charge < -0.3 is 20.1 Å². The number of anilines is 2. The molecule has 2 aliphatic carbocycles. The Labute approximate surface area is 257 Å². The van der Waals surface area contributed by atoms with E-state index in [9.17, 15) is 23.9 Å². The second-order valence-electron chi connectivity index (χ2n) is 11.5. The van der Waals surface area contributed by atoms with Crippen LogP contribution in [0.15, 0.2) is 83.9 Å². The lowest BCUT2D eigenvalue weighted by Gasteiger charge is -2.25. The fourth-order valence-corrected chi connectivity index (χ4v) is 6.23. The first-order chi connectivity index (χ1) is 21.6. The van der Waals surface area contributed by atoms with E-state index in [1.54, 1.807) is 18.0 Å². The van der Waals surface area contributed by atoms with Crippen LogP contribution in [-0.4, -0.2) is 50.7 Å². The SMILES string of the molecule is CN(C(=O)Nc1cc(Oc2ccc(NC(=O)c3cccn(-c4ccc(F)cc4)c3=O)c(F)c2)ccn1)C1CC2CC(O)CC2C1. The molecule has 4 aromatic rings. The molecule has 2 unspecified atom stereocenters. The third-order valence-corrected chi connectivity index (χ3v) is 8.52. The van der Waals surface area contributed by atoms with Crippen LogP contribution in [-0.2, 0) is 0 Å². The number of fused-ring (bicyclic) bond motifs is 1. The Hall–Kier alpha value is -5.10. The van der Waals surface area contributed by atoms with E-state index >= 15 is 4.39 Å². The summed E-state index contributed by atoms with van der Waals surface area (Å²) in [6, 6.07) is 14.7. The molecule has 2 atom stereocenters. The largest absolute Gasteiger partial charge is 0.457 e. The van der Waals surface area contributed by atoms with Crippen LogP contribution in [0.1, 0.15) is 36.0 Å². The first kappa shape index (κ1) is 29.9. The molecule has 6 rings (SSSR count). The normalized spacial score (nSPS) is 20.4. The van der Waals surface area contributed by atoms with Crippen LogP contribution < -0.4 is 20.9 Å². The van der Waals surface area contributed by atoms with Gasteiger partial charge in [0.25, 0.3) is 11.5 Å². The molecule has 0 saturated heterocycles.